The maximum Gasteiger partial charge on any atom is 0.0992 e. The van der Waals surface area contributed by atoms with Crippen molar-refractivity contribution in [2.75, 3.05) is 18.5 Å². The van der Waals surface area contributed by atoms with Crippen molar-refractivity contribution >= 4 is 7.14 Å². The Balaban J connectivity index is 4.66. The largest absolute Gasteiger partial charge is 0.323 e. The molecule has 14 heavy (non-hydrogen) atoms. The van der Waals surface area contributed by atoms with Crippen molar-refractivity contribution < 1.29 is 4.57 Å². The number of hydrogen-bond donors (Lipinski definition) is 0. The summed E-state index contributed by atoms with van der Waals surface area (Å²) in [5.41, 5.74) is 2.95. The molecular weight excluding hydrogens is 191 g/mol. The SMILES string of the molecule is C=C(C)CP(=O)(CC(=C)C)CC(=C)C. The lowest BCUT2D eigenvalue weighted by Crippen LogP contribution is -2.02. The minimum absolute atomic E-state index is 0.618. The molecule has 0 saturated heterocycles. The van der Waals surface area contributed by atoms with Crippen LogP contribution in [0.15, 0.2) is 36.5 Å². The number of rotatable bonds is 6. The molecule has 80 valence electrons. The first-order chi connectivity index (χ1) is 6.25. The topological polar surface area (TPSA) is 17.1 Å². The molecule has 1 nitrogen and oxygen atoms in total. The van der Waals surface area contributed by atoms with E-state index in [4.69, 9.17) is 0 Å². The van der Waals surface area contributed by atoms with Gasteiger partial charge in [-0.1, -0.05) is 36.5 Å². The molecule has 0 atom stereocenters. The maximum atomic E-state index is 12.5. The van der Waals surface area contributed by atoms with Crippen LogP contribution in [-0.4, -0.2) is 18.5 Å². The van der Waals surface area contributed by atoms with Gasteiger partial charge in [0.05, 0.1) is 7.14 Å². The number of hydrogen-bond acceptors (Lipinski definition) is 1. The van der Waals surface area contributed by atoms with E-state index in [-0.39, 0.29) is 0 Å². The standard InChI is InChI=1S/C12H21OP/c1-10(2)7-14(13,8-11(3)4)9-12(5)6/h1,3,5,7-9H2,2,4,6H3. The summed E-state index contributed by atoms with van der Waals surface area (Å²) < 4.78 is 12.5. The second kappa shape index (κ2) is 5.36. The fourth-order valence-corrected chi connectivity index (χ4v) is 4.93. The zero-order valence-corrected chi connectivity index (χ0v) is 10.5. The van der Waals surface area contributed by atoms with Crippen LogP contribution in [0.1, 0.15) is 20.8 Å². The highest BCUT2D eigenvalue weighted by molar-refractivity contribution is 7.64. The summed E-state index contributed by atoms with van der Waals surface area (Å²) in [6.07, 6.45) is 1.85. The van der Waals surface area contributed by atoms with E-state index in [1.807, 2.05) is 20.8 Å². The van der Waals surface area contributed by atoms with Gasteiger partial charge in [0.2, 0.25) is 0 Å². The third-order valence-electron chi connectivity index (χ3n) is 1.67. The highest BCUT2D eigenvalue weighted by Crippen LogP contribution is 2.49. The van der Waals surface area contributed by atoms with Gasteiger partial charge in [-0.2, -0.15) is 0 Å². The Bertz CT molecular complexity index is 252. The van der Waals surface area contributed by atoms with E-state index in [2.05, 4.69) is 19.7 Å². The molecular formula is C12H21OP. The van der Waals surface area contributed by atoms with Gasteiger partial charge in [0, 0.05) is 18.5 Å². The molecule has 0 aromatic carbocycles. The van der Waals surface area contributed by atoms with Crippen LogP contribution in [-0.2, 0) is 4.57 Å². The highest BCUT2D eigenvalue weighted by atomic mass is 31.2. The molecule has 0 N–H and O–H groups in total. The van der Waals surface area contributed by atoms with Crippen molar-refractivity contribution in [3.8, 4) is 0 Å². The molecule has 0 radical (unpaired) electrons. The van der Waals surface area contributed by atoms with Gasteiger partial charge in [-0.25, -0.2) is 0 Å². The predicted molar refractivity (Wildman–Crippen MR) is 66.6 cm³/mol. The first-order valence-electron chi connectivity index (χ1n) is 4.75. The summed E-state index contributed by atoms with van der Waals surface area (Å²) in [7, 11) is -2.19. The van der Waals surface area contributed by atoms with E-state index in [0.29, 0.717) is 18.5 Å². The zero-order valence-electron chi connectivity index (χ0n) is 9.60. The van der Waals surface area contributed by atoms with Crippen molar-refractivity contribution in [1.82, 2.24) is 0 Å². The van der Waals surface area contributed by atoms with E-state index >= 15 is 0 Å². The average Bonchev–Trinajstić information content (AvgIpc) is 1.76. The van der Waals surface area contributed by atoms with Gasteiger partial charge >= 0.3 is 0 Å². The van der Waals surface area contributed by atoms with Crippen LogP contribution in [0.5, 0.6) is 0 Å². The summed E-state index contributed by atoms with van der Waals surface area (Å²) in [6, 6.07) is 0. The molecule has 0 amide bonds. The summed E-state index contributed by atoms with van der Waals surface area (Å²) in [5, 5.41) is 0. The Kier molecular flexibility index (Phi) is 5.15. The zero-order chi connectivity index (χ0) is 11.4. The van der Waals surface area contributed by atoms with Crippen LogP contribution in [0.4, 0.5) is 0 Å². The van der Waals surface area contributed by atoms with Crippen molar-refractivity contribution in [3.05, 3.63) is 36.5 Å². The van der Waals surface area contributed by atoms with E-state index in [9.17, 15) is 4.57 Å². The lowest BCUT2D eigenvalue weighted by molar-refractivity contribution is 0.578. The summed E-state index contributed by atoms with van der Waals surface area (Å²) >= 11 is 0. The van der Waals surface area contributed by atoms with Gasteiger partial charge < -0.3 is 4.57 Å². The smallest absolute Gasteiger partial charge is 0.0992 e. The quantitative estimate of drug-likeness (QED) is 0.479. The lowest BCUT2D eigenvalue weighted by Gasteiger charge is -2.18. The first-order valence-corrected chi connectivity index (χ1v) is 7.02. The van der Waals surface area contributed by atoms with Gasteiger partial charge in [0.15, 0.2) is 0 Å². The maximum absolute atomic E-state index is 12.5. The first kappa shape index (κ1) is 13.4. The number of allylic oxidation sites excluding steroid dienone is 3. The van der Waals surface area contributed by atoms with Crippen LogP contribution in [0, 0.1) is 0 Å². The molecule has 0 saturated carbocycles. The molecule has 2 heteroatoms. The highest BCUT2D eigenvalue weighted by Gasteiger charge is 2.21. The summed E-state index contributed by atoms with van der Waals surface area (Å²) in [4.78, 5) is 0. The van der Waals surface area contributed by atoms with Crippen molar-refractivity contribution in [2.45, 2.75) is 20.8 Å². The third kappa shape index (κ3) is 5.99. The molecule has 0 spiro atoms. The second-order valence-corrected chi connectivity index (χ2v) is 7.47. The van der Waals surface area contributed by atoms with Crippen molar-refractivity contribution in [3.63, 3.8) is 0 Å². The van der Waals surface area contributed by atoms with Crippen LogP contribution in [0.3, 0.4) is 0 Å². The average molecular weight is 212 g/mol. The molecule has 0 aliphatic carbocycles. The Morgan fingerprint density at radius 1 is 0.857 bits per heavy atom. The van der Waals surface area contributed by atoms with Gasteiger partial charge in [-0.15, -0.1) is 0 Å². The van der Waals surface area contributed by atoms with Gasteiger partial charge in [0.25, 0.3) is 0 Å². The van der Waals surface area contributed by atoms with Crippen molar-refractivity contribution in [1.29, 1.82) is 0 Å². The second-order valence-electron chi connectivity index (χ2n) is 4.40. The molecule has 0 heterocycles. The van der Waals surface area contributed by atoms with Gasteiger partial charge in [-0.05, 0) is 20.8 Å². The van der Waals surface area contributed by atoms with Crippen LogP contribution >= 0.6 is 7.14 Å². The molecule has 0 aliphatic rings. The van der Waals surface area contributed by atoms with Gasteiger partial charge in [-0.3, -0.25) is 0 Å². The minimum Gasteiger partial charge on any atom is -0.323 e. The molecule has 0 aromatic rings. The monoisotopic (exact) mass is 212 g/mol. The van der Waals surface area contributed by atoms with Gasteiger partial charge in [0.1, 0.15) is 0 Å². The minimum atomic E-state index is -2.19. The van der Waals surface area contributed by atoms with Crippen LogP contribution in [0.25, 0.3) is 0 Å². The van der Waals surface area contributed by atoms with Crippen LogP contribution in [0.2, 0.25) is 0 Å². The summed E-state index contributed by atoms with van der Waals surface area (Å²) in [6.45, 7) is 17.2. The normalized spacial score (nSPS) is 11.1. The van der Waals surface area contributed by atoms with Crippen LogP contribution < -0.4 is 0 Å². The molecule has 0 unspecified atom stereocenters. The Morgan fingerprint density at radius 3 is 1.21 bits per heavy atom. The predicted octanol–water partition coefficient (Wildman–Crippen LogP) is 4.08. The van der Waals surface area contributed by atoms with E-state index in [0.717, 1.165) is 16.7 Å². The van der Waals surface area contributed by atoms with E-state index in [1.165, 1.54) is 0 Å². The van der Waals surface area contributed by atoms with E-state index < -0.39 is 7.14 Å². The Morgan fingerprint density at radius 2 is 1.07 bits per heavy atom. The fourth-order valence-electron chi connectivity index (χ4n) is 1.64. The fraction of sp³-hybridized carbons (Fsp3) is 0.500. The Labute approximate surface area is 88.0 Å². The third-order valence-corrected chi connectivity index (χ3v) is 5.02. The lowest BCUT2D eigenvalue weighted by atomic mass is 10.4. The summed E-state index contributed by atoms with van der Waals surface area (Å²) in [5.74, 6) is 0. The molecule has 0 fully saturated rings. The Hall–Kier alpha value is -0.550. The molecule has 0 bridgehead atoms. The van der Waals surface area contributed by atoms with E-state index in [1.54, 1.807) is 0 Å². The molecule has 0 rings (SSSR count). The molecule has 0 aliphatic heterocycles. The molecule has 0 aromatic heterocycles. The van der Waals surface area contributed by atoms with Crippen molar-refractivity contribution in [2.24, 2.45) is 0 Å².